The van der Waals surface area contributed by atoms with E-state index >= 15 is 0 Å². The lowest BCUT2D eigenvalue weighted by atomic mass is 10.1. The molecule has 0 saturated heterocycles. The SMILES string of the molecule is CN(Cc1cccc(Br)c1)Cc1ccc(N)cc1Br. The Morgan fingerprint density at radius 1 is 1.05 bits per heavy atom. The summed E-state index contributed by atoms with van der Waals surface area (Å²) < 4.78 is 2.18. The van der Waals surface area contributed by atoms with Crippen LogP contribution in [0, 0.1) is 0 Å². The highest BCUT2D eigenvalue weighted by atomic mass is 79.9. The van der Waals surface area contributed by atoms with Crippen molar-refractivity contribution < 1.29 is 0 Å². The fourth-order valence-corrected chi connectivity index (χ4v) is 2.95. The standard InChI is InChI=1S/C15H16Br2N2/c1-19(9-11-3-2-4-13(16)7-11)10-12-5-6-14(18)8-15(12)17/h2-8H,9-10,18H2,1H3. The van der Waals surface area contributed by atoms with E-state index in [1.807, 2.05) is 18.2 Å². The highest BCUT2D eigenvalue weighted by Gasteiger charge is 2.05. The average molecular weight is 384 g/mol. The monoisotopic (exact) mass is 382 g/mol. The first-order valence-electron chi connectivity index (χ1n) is 6.01. The largest absolute Gasteiger partial charge is 0.399 e. The molecule has 2 aromatic carbocycles. The van der Waals surface area contributed by atoms with E-state index in [4.69, 9.17) is 5.73 Å². The summed E-state index contributed by atoms with van der Waals surface area (Å²) in [5.41, 5.74) is 9.07. The maximum absolute atomic E-state index is 5.75. The summed E-state index contributed by atoms with van der Waals surface area (Å²) in [6.45, 7) is 1.80. The molecule has 2 nitrogen and oxygen atoms in total. The maximum Gasteiger partial charge on any atom is 0.0325 e. The third kappa shape index (κ3) is 4.34. The van der Waals surface area contributed by atoms with Gasteiger partial charge in [0.1, 0.15) is 0 Å². The first-order valence-corrected chi connectivity index (χ1v) is 7.60. The lowest BCUT2D eigenvalue weighted by molar-refractivity contribution is 0.318. The summed E-state index contributed by atoms with van der Waals surface area (Å²) in [6.07, 6.45) is 0. The smallest absolute Gasteiger partial charge is 0.0325 e. The number of hydrogen-bond acceptors (Lipinski definition) is 2. The van der Waals surface area contributed by atoms with Gasteiger partial charge in [0.15, 0.2) is 0 Å². The average Bonchev–Trinajstić information content (AvgIpc) is 2.33. The number of halogens is 2. The lowest BCUT2D eigenvalue weighted by Crippen LogP contribution is -2.17. The van der Waals surface area contributed by atoms with Crippen LogP contribution >= 0.6 is 31.9 Å². The van der Waals surface area contributed by atoms with Gasteiger partial charge in [-0.05, 0) is 42.4 Å². The van der Waals surface area contributed by atoms with Crippen LogP contribution in [-0.2, 0) is 13.1 Å². The number of nitrogens with zero attached hydrogens (tertiary/aromatic N) is 1. The summed E-state index contributed by atoms with van der Waals surface area (Å²) in [4.78, 5) is 2.28. The molecule has 0 spiro atoms. The number of benzene rings is 2. The first kappa shape index (κ1) is 14.6. The molecular weight excluding hydrogens is 368 g/mol. The van der Waals surface area contributed by atoms with Crippen molar-refractivity contribution in [3.63, 3.8) is 0 Å². The second-order valence-electron chi connectivity index (χ2n) is 4.65. The molecule has 0 aliphatic heterocycles. The fourth-order valence-electron chi connectivity index (χ4n) is 1.99. The van der Waals surface area contributed by atoms with Gasteiger partial charge in [-0.25, -0.2) is 0 Å². The number of nitrogens with two attached hydrogens (primary N) is 1. The van der Waals surface area contributed by atoms with E-state index in [9.17, 15) is 0 Å². The fraction of sp³-hybridized carbons (Fsp3) is 0.200. The molecule has 0 radical (unpaired) electrons. The van der Waals surface area contributed by atoms with E-state index < -0.39 is 0 Å². The van der Waals surface area contributed by atoms with Gasteiger partial charge in [-0.15, -0.1) is 0 Å². The Labute approximate surface area is 130 Å². The Bertz CT molecular complexity index is 570. The molecule has 0 aliphatic rings. The second kappa shape index (κ2) is 6.55. The van der Waals surface area contributed by atoms with E-state index in [-0.39, 0.29) is 0 Å². The van der Waals surface area contributed by atoms with E-state index in [1.54, 1.807) is 0 Å². The minimum atomic E-state index is 0.783. The van der Waals surface area contributed by atoms with Gasteiger partial charge >= 0.3 is 0 Å². The normalized spacial score (nSPS) is 10.9. The van der Waals surface area contributed by atoms with E-state index in [0.717, 1.165) is 27.7 Å². The van der Waals surface area contributed by atoms with Crippen molar-refractivity contribution in [3.8, 4) is 0 Å². The molecule has 0 saturated carbocycles. The Hall–Kier alpha value is -0.840. The lowest BCUT2D eigenvalue weighted by Gasteiger charge is -2.18. The molecule has 0 aromatic heterocycles. The zero-order valence-electron chi connectivity index (χ0n) is 10.7. The summed E-state index contributed by atoms with van der Waals surface area (Å²) in [5, 5.41) is 0. The van der Waals surface area contributed by atoms with Gasteiger partial charge in [0.05, 0.1) is 0 Å². The van der Waals surface area contributed by atoms with Crippen LogP contribution in [0.5, 0.6) is 0 Å². The first-order chi connectivity index (χ1) is 9.04. The van der Waals surface area contributed by atoms with Crippen LogP contribution in [0.3, 0.4) is 0 Å². The van der Waals surface area contributed by atoms with Gasteiger partial charge in [-0.3, -0.25) is 4.90 Å². The van der Waals surface area contributed by atoms with E-state index in [1.165, 1.54) is 11.1 Å². The highest BCUT2D eigenvalue weighted by Crippen LogP contribution is 2.22. The summed E-state index contributed by atoms with van der Waals surface area (Å²) >= 11 is 7.06. The van der Waals surface area contributed by atoms with Crippen molar-refractivity contribution in [1.29, 1.82) is 0 Å². The van der Waals surface area contributed by atoms with Crippen LogP contribution in [0.1, 0.15) is 11.1 Å². The second-order valence-corrected chi connectivity index (χ2v) is 6.42. The summed E-state index contributed by atoms with van der Waals surface area (Å²) in [6, 6.07) is 14.3. The van der Waals surface area contributed by atoms with Crippen LogP contribution in [0.15, 0.2) is 51.4 Å². The molecule has 0 heterocycles. The van der Waals surface area contributed by atoms with Crippen molar-refractivity contribution in [2.24, 2.45) is 0 Å². The molecule has 2 rings (SSSR count). The number of anilines is 1. The minimum Gasteiger partial charge on any atom is -0.399 e. The van der Waals surface area contributed by atoms with Gasteiger partial charge in [0.25, 0.3) is 0 Å². The van der Waals surface area contributed by atoms with Gasteiger partial charge in [-0.1, -0.05) is 50.1 Å². The van der Waals surface area contributed by atoms with Crippen molar-refractivity contribution in [1.82, 2.24) is 4.90 Å². The highest BCUT2D eigenvalue weighted by molar-refractivity contribution is 9.10. The molecular formula is C15H16Br2N2. The Kier molecular flexibility index (Phi) is 5.02. The zero-order valence-corrected chi connectivity index (χ0v) is 13.9. The molecule has 0 bridgehead atoms. The molecule has 0 atom stereocenters. The Morgan fingerprint density at radius 3 is 2.53 bits per heavy atom. The predicted octanol–water partition coefficient (Wildman–Crippen LogP) is 4.43. The molecule has 2 aromatic rings. The van der Waals surface area contributed by atoms with E-state index in [2.05, 4.69) is 68.1 Å². The zero-order chi connectivity index (χ0) is 13.8. The van der Waals surface area contributed by atoms with Gasteiger partial charge in [0.2, 0.25) is 0 Å². The van der Waals surface area contributed by atoms with Crippen LogP contribution in [0.25, 0.3) is 0 Å². The van der Waals surface area contributed by atoms with Crippen LogP contribution < -0.4 is 5.73 Å². The Balaban J connectivity index is 2.03. The van der Waals surface area contributed by atoms with Crippen LogP contribution in [0.2, 0.25) is 0 Å². The van der Waals surface area contributed by atoms with Gasteiger partial charge in [-0.2, -0.15) is 0 Å². The predicted molar refractivity (Wildman–Crippen MR) is 87.9 cm³/mol. The summed E-state index contributed by atoms with van der Waals surface area (Å²) in [7, 11) is 2.11. The molecule has 0 unspecified atom stereocenters. The van der Waals surface area contributed by atoms with Crippen molar-refractivity contribution >= 4 is 37.5 Å². The van der Waals surface area contributed by atoms with Crippen molar-refractivity contribution in [2.45, 2.75) is 13.1 Å². The summed E-state index contributed by atoms with van der Waals surface area (Å²) in [5.74, 6) is 0. The Morgan fingerprint density at radius 2 is 1.84 bits per heavy atom. The maximum atomic E-state index is 5.75. The molecule has 0 fully saturated rings. The quantitative estimate of drug-likeness (QED) is 0.791. The van der Waals surface area contributed by atoms with Crippen molar-refractivity contribution in [2.75, 3.05) is 12.8 Å². The number of nitrogen functional groups attached to an aromatic ring is 1. The van der Waals surface area contributed by atoms with E-state index in [0.29, 0.717) is 0 Å². The van der Waals surface area contributed by atoms with Crippen LogP contribution in [-0.4, -0.2) is 11.9 Å². The molecule has 100 valence electrons. The third-order valence-corrected chi connectivity index (χ3v) is 4.09. The molecule has 2 N–H and O–H groups in total. The van der Waals surface area contributed by atoms with Gasteiger partial charge in [0, 0.05) is 27.7 Å². The van der Waals surface area contributed by atoms with Gasteiger partial charge < -0.3 is 5.73 Å². The minimum absolute atomic E-state index is 0.783. The van der Waals surface area contributed by atoms with Crippen LogP contribution in [0.4, 0.5) is 5.69 Å². The molecule has 0 aliphatic carbocycles. The molecule has 0 amide bonds. The number of hydrogen-bond donors (Lipinski definition) is 1. The molecule has 4 heteroatoms. The topological polar surface area (TPSA) is 29.3 Å². The van der Waals surface area contributed by atoms with Crippen molar-refractivity contribution in [3.05, 3.63) is 62.5 Å². The third-order valence-electron chi connectivity index (χ3n) is 2.86. The molecule has 19 heavy (non-hydrogen) atoms. The number of rotatable bonds is 4.